The number of carbonyl (C=O) groups is 2. The maximum Gasteiger partial charge on any atom is 0.333 e. The van der Waals surface area contributed by atoms with Crippen molar-refractivity contribution in [3.8, 4) is 11.5 Å². The van der Waals surface area contributed by atoms with Crippen LogP contribution in [-0.2, 0) is 26.2 Å². The lowest BCUT2D eigenvalue weighted by atomic mass is 9.45. The molecule has 1 saturated carbocycles. The molecule has 0 saturated heterocycles. The van der Waals surface area contributed by atoms with Crippen LogP contribution in [0.15, 0.2) is 24.0 Å². The van der Waals surface area contributed by atoms with Gasteiger partial charge in [0, 0.05) is 5.56 Å². The molecule has 0 radical (unpaired) electrons. The topological polar surface area (TPSA) is 125 Å². The molecule has 5 rings (SSSR count). The van der Waals surface area contributed by atoms with Gasteiger partial charge in [-0.3, -0.25) is 4.79 Å². The average Bonchev–Trinajstić information content (AvgIpc) is 3.10. The Hall–Kier alpha value is -2.58. The molecule has 1 spiro atoms. The van der Waals surface area contributed by atoms with E-state index in [2.05, 4.69) is 12.2 Å². The zero-order valence-electron chi connectivity index (χ0n) is 18.4. The Balaban J connectivity index is 1.53. The zero-order valence-corrected chi connectivity index (χ0v) is 18.4. The normalized spacial score (nSPS) is 35.7. The summed E-state index contributed by atoms with van der Waals surface area (Å²) in [4.78, 5) is 24.5. The first-order valence-corrected chi connectivity index (χ1v) is 11.2. The summed E-state index contributed by atoms with van der Waals surface area (Å²) < 4.78 is 11.9. The van der Waals surface area contributed by atoms with Gasteiger partial charge in [0.05, 0.1) is 11.0 Å². The third-order valence-electron chi connectivity index (χ3n) is 8.04. The Kier molecular flexibility index (Phi) is 4.63. The van der Waals surface area contributed by atoms with E-state index in [1.54, 1.807) is 12.1 Å². The molecule has 32 heavy (non-hydrogen) atoms. The predicted octanol–water partition coefficient (Wildman–Crippen LogP) is 1.44. The highest BCUT2D eigenvalue weighted by Gasteiger charge is 2.71. The summed E-state index contributed by atoms with van der Waals surface area (Å²) in [5.74, 6) is -0.347. The molecule has 3 aliphatic carbocycles. The molecule has 1 heterocycles. The van der Waals surface area contributed by atoms with E-state index in [9.17, 15) is 24.9 Å². The number of aliphatic hydroxyl groups excluding tert-OH is 1. The number of nitrogens with one attached hydrogen (secondary N) is 1. The van der Waals surface area contributed by atoms with Crippen LogP contribution in [0.2, 0.25) is 0 Å². The lowest BCUT2D eigenvalue weighted by Crippen LogP contribution is -2.69. The van der Waals surface area contributed by atoms with Gasteiger partial charge in [0.15, 0.2) is 17.6 Å². The minimum atomic E-state index is -1.24. The van der Waals surface area contributed by atoms with E-state index in [1.165, 1.54) is 13.8 Å². The molecule has 1 aromatic rings. The summed E-state index contributed by atoms with van der Waals surface area (Å²) in [6.45, 7) is 4.96. The fourth-order valence-electron chi connectivity index (χ4n) is 6.41. The lowest BCUT2D eigenvalue weighted by molar-refractivity contribution is -0.171. The fraction of sp³-hybridized carbons (Fsp3) is 0.583. The Morgan fingerprint density at radius 3 is 2.78 bits per heavy atom. The van der Waals surface area contributed by atoms with Crippen LogP contribution in [0.1, 0.15) is 51.2 Å². The molecule has 1 amide bonds. The Labute approximate surface area is 186 Å². The van der Waals surface area contributed by atoms with Gasteiger partial charge in [-0.05, 0) is 69.1 Å². The van der Waals surface area contributed by atoms with Crippen molar-refractivity contribution in [1.82, 2.24) is 5.32 Å². The molecule has 0 aromatic heterocycles. The summed E-state index contributed by atoms with van der Waals surface area (Å²) in [5.41, 5.74) is 0.0306. The molecule has 4 N–H and O–H groups in total. The van der Waals surface area contributed by atoms with Crippen LogP contribution in [0.4, 0.5) is 0 Å². The monoisotopic (exact) mass is 443 g/mol. The second-order valence-corrected chi connectivity index (χ2v) is 9.81. The lowest BCUT2D eigenvalue weighted by Gasteiger charge is -2.61. The molecule has 1 aromatic carbocycles. The number of amides is 1. The standard InChI is InChI=1S/C24H29NO7/c1-11-6-8-23-18-14-4-5-16(27)19(18)32-20(23)17(7-9-24(23,30)15(11)10-14)31-22(29)12(2)25-21(28)13(3)26/h4-5,7,11-13,15,20,26-27,30H,6,8-10H2,1-3H3,(H,25,28)/t11?,12-,13-,15-,20-,23-,24+/m0/s1. The van der Waals surface area contributed by atoms with Crippen molar-refractivity contribution in [2.45, 2.75) is 75.7 Å². The number of aliphatic hydroxyl groups is 2. The van der Waals surface area contributed by atoms with E-state index in [0.29, 0.717) is 30.9 Å². The van der Waals surface area contributed by atoms with Crippen molar-refractivity contribution >= 4 is 11.9 Å². The van der Waals surface area contributed by atoms with Crippen molar-refractivity contribution in [2.24, 2.45) is 11.8 Å². The molecular weight excluding hydrogens is 414 g/mol. The number of rotatable bonds is 4. The van der Waals surface area contributed by atoms with Crippen LogP contribution in [0, 0.1) is 11.8 Å². The van der Waals surface area contributed by atoms with Crippen molar-refractivity contribution in [3.05, 3.63) is 35.1 Å². The largest absolute Gasteiger partial charge is 0.504 e. The Bertz CT molecular complexity index is 1030. The van der Waals surface area contributed by atoms with Crippen molar-refractivity contribution in [1.29, 1.82) is 0 Å². The van der Waals surface area contributed by atoms with E-state index >= 15 is 0 Å². The quantitative estimate of drug-likeness (QED) is 0.519. The molecule has 1 unspecified atom stereocenters. The molecule has 8 heteroatoms. The summed E-state index contributed by atoms with van der Waals surface area (Å²) >= 11 is 0. The highest BCUT2D eigenvalue weighted by atomic mass is 16.6. The van der Waals surface area contributed by atoms with E-state index in [-0.39, 0.29) is 17.4 Å². The van der Waals surface area contributed by atoms with Crippen LogP contribution < -0.4 is 10.1 Å². The summed E-state index contributed by atoms with van der Waals surface area (Å²) in [6.07, 6.45) is 2.29. The molecule has 7 atom stereocenters. The number of carbonyl (C=O) groups excluding carboxylic acids is 2. The third kappa shape index (κ3) is 2.62. The van der Waals surface area contributed by atoms with Gasteiger partial charge in [0.2, 0.25) is 5.91 Å². The second-order valence-electron chi connectivity index (χ2n) is 9.81. The zero-order chi connectivity index (χ0) is 23.0. The number of hydrogen-bond acceptors (Lipinski definition) is 7. The SMILES string of the molecule is CC1CC[C@]23c4c5ccc(O)c4O[C@H]2C(OC(=O)[C@H](C)NC(=O)[C@H](C)O)=CC[C@@]3(O)[C@H]1C5. The third-order valence-corrected chi connectivity index (χ3v) is 8.04. The Morgan fingerprint density at radius 1 is 1.31 bits per heavy atom. The predicted molar refractivity (Wildman–Crippen MR) is 113 cm³/mol. The van der Waals surface area contributed by atoms with Crippen LogP contribution >= 0.6 is 0 Å². The second kappa shape index (κ2) is 6.96. The number of benzene rings is 1. The molecular formula is C24H29NO7. The number of hydrogen-bond donors (Lipinski definition) is 4. The average molecular weight is 443 g/mol. The number of aromatic hydroxyl groups is 1. The minimum absolute atomic E-state index is 0.00943. The van der Waals surface area contributed by atoms with E-state index in [4.69, 9.17) is 9.47 Å². The molecule has 1 aliphatic heterocycles. The summed E-state index contributed by atoms with van der Waals surface area (Å²) in [6, 6.07) is 2.55. The van der Waals surface area contributed by atoms with Crippen molar-refractivity contribution in [3.63, 3.8) is 0 Å². The summed E-state index contributed by atoms with van der Waals surface area (Å²) in [5, 5.41) is 34.4. The van der Waals surface area contributed by atoms with Gasteiger partial charge >= 0.3 is 5.97 Å². The molecule has 8 nitrogen and oxygen atoms in total. The van der Waals surface area contributed by atoms with E-state index in [0.717, 1.165) is 17.5 Å². The van der Waals surface area contributed by atoms with Gasteiger partial charge in [-0.15, -0.1) is 0 Å². The molecule has 4 aliphatic rings. The maximum atomic E-state index is 12.7. The van der Waals surface area contributed by atoms with E-state index in [1.807, 2.05) is 6.07 Å². The highest BCUT2D eigenvalue weighted by Crippen LogP contribution is 2.68. The molecule has 1 fully saturated rings. The number of esters is 1. The van der Waals surface area contributed by atoms with Gasteiger partial charge in [-0.2, -0.15) is 0 Å². The smallest absolute Gasteiger partial charge is 0.333 e. The fourth-order valence-corrected chi connectivity index (χ4v) is 6.41. The summed E-state index contributed by atoms with van der Waals surface area (Å²) in [7, 11) is 0. The maximum absolute atomic E-state index is 12.7. The van der Waals surface area contributed by atoms with Crippen molar-refractivity contribution < 1.29 is 34.4 Å². The van der Waals surface area contributed by atoms with E-state index < -0.39 is 41.1 Å². The first kappa shape index (κ1) is 21.3. The molecule has 172 valence electrons. The number of phenolic OH excluding ortho intramolecular Hbond substituents is 1. The molecule has 2 bridgehead atoms. The van der Waals surface area contributed by atoms with Crippen molar-refractivity contribution in [2.75, 3.05) is 0 Å². The Morgan fingerprint density at radius 2 is 2.06 bits per heavy atom. The van der Waals surface area contributed by atoms with Crippen LogP contribution in [0.5, 0.6) is 11.5 Å². The van der Waals surface area contributed by atoms with Crippen LogP contribution in [0.25, 0.3) is 0 Å². The van der Waals surface area contributed by atoms with Gasteiger partial charge in [-0.25, -0.2) is 4.79 Å². The van der Waals surface area contributed by atoms with Gasteiger partial charge in [0.1, 0.15) is 17.9 Å². The van der Waals surface area contributed by atoms with Crippen LogP contribution in [0.3, 0.4) is 0 Å². The van der Waals surface area contributed by atoms with Gasteiger partial charge < -0.3 is 30.1 Å². The first-order valence-electron chi connectivity index (χ1n) is 11.2. The van der Waals surface area contributed by atoms with Gasteiger partial charge in [0.25, 0.3) is 0 Å². The van der Waals surface area contributed by atoms with Gasteiger partial charge in [-0.1, -0.05) is 13.0 Å². The minimum Gasteiger partial charge on any atom is -0.504 e. The number of phenols is 1. The number of ether oxygens (including phenoxy) is 2. The van der Waals surface area contributed by atoms with Crippen LogP contribution in [-0.4, -0.2) is 51.0 Å². The first-order chi connectivity index (χ1) is 15.1. The highest BCUT2D eigenvalue weighted by molar-refractivity contribution is 5.86.